The van der Waals surface area contributed by atoms with Gasteiger partial charge < -0.3 is 20.1 Å². The molecule has 1 saturated carbocycles. The molecule has 2 fully saturated rings. The van der Waals surface area contributed by atoms with Gasteiger partial charge in [0.05, 0.1) is 0 Å². The fraction of sp³-hybridized carbons (Fsp3) is 0.444. The van der Waals surface area contributed by atoms with Crippen LogP contribution in [0.15, 0.2) is 48.5 Å². The van der Waals surface area contributed by atoms with Crippen molar-refractivity contribution in [3.63, 3.8) is 0 Å². The molecule has 0 radical (unpaired) electrons. The molecule has 7 nitrogen and oxygen atoms in total. The number of carboxylic acids is 1. The molecule has 0 spiro atoms. The zero-order valence-electron chi connectivity index (χ0n) is 19.3. The minimum absolute atomic E-state index is 0.00269. The molecule has 0 bridgehead atoms. The molecule has 2 N–H and O–H groups in total. The summed E-state index contributed by atoms with van der Waals surface area (Å²) in [4.78, 5) is 38.5. The standard InChI is InChI=1S/C27H30N2O5/c1-16-10-11-24(26(31)32)29(14-16)25(30)17-12-18(13-17)28-27(33)34-15-23-21-8-4-2-6-19(21)20-7-3-5-9-22(20)23/h2-9,16-18,23-24H,10-15H2,1H3,(H,28,33)(H,31,32). The van der Waals surface area contributed by atoms with E-state index in [2.05, 4.69) is 29.6 Å². The van der Waals surface area contributed by atoms with Gasteiger partial charge in [-0.15, -0.1) is 0 Å². The van der Waals surface area contributed by atoms with Gasteiger partial charge in [-0.25, -0.2) is 9.59 Å². The monoisotopic (exact) mass is 462 g/mol. The van der Waals surface area contributed by atoms with E-state index < -0.39 is 18.1 Å². The van der Waals surface area contributed by atoms with E-state index in [1.807, 2.05) is 31.2 Å². The number of piperidine rings is 1. The quantitative estimate of drug-likeness (QED) is 0.700. The molecule has 1 heterocycles. The van der Waals surface area contributed by atoms with Crippen LogP contribution in [0.1, 0.15) is 49.7 Å². The van der Waals surface area contributed by atoms with E-state index >= 15 is 0 Å². The van der Waals surface area contributed by atoms with Crippen LogP contribution in [0.3, 0.4) is 0 Å². The highest BCUT2D eigenvalue weighted by Crippen LogP contribution is 2.44. The summed E-state index contributed by atoms with van der Waals surface area (Å²) in [5, 5.41) is 12.4. The summed E-state index contributed by atoms with van der Waals surface area (Å²) in [6.07, 6.45) is 1.86. The molecule has 0 aromatic heterocycles. The largest absolute Gasteiger partial charge is 0.480 e. The maximum atomic E-state index is 12.9. The fourth-order valence-corrected chi connectivity index (χ4v) is 5.63. The lowest BCUT2D eigenvalue weighted by molar-refractivity contribution is -0.156. The van der Waals surface area contributed by atoms with Gasteiger partial charge in [-0.05, 0) is 53.9 Å². The van der Waals surface area contributed by atoms with E-state index in [4.69, 9.17) is 4.74 Å². The number of fused-ring (bicyclic) bond motifs is 3. The highest BCUT2D eigenvalue weighted by atomic mass is 16.5. The zero-order valence-corrected chi connectivity index (χ0v) is 19.3. The Morgan fingerprint density at radius 1 is 1.00 bits per heavy atom. The molecule has 5 rings (SSSR count). The summed E-state index contributed by atoms with van der Waals surface area (Å²) in [6, 6.07) is 15.5. The Morgan fingerprint density at radius 3 is 2.24 bits per heavy atom. The van der Waals surface area contributed by atoms with E-state index in [0.29, 0.717) is 31.7 Å². The van der Waals surface area contributed by atoms with Crippen molar-refractivity contribution in [1.29, 1.82) is 0 Å². The molecule has 1 saturated heterocycles. The van der Waals surface area contributed by atoms with E-state index in [1.54, 1.807) is 0 Å². The SMILES string of the molecule is CC1CCC(C(=O)O)N(C(=O)C2CC(NC(=O)OCC3c4ccccc4-c4ccccc43)C2)C1. The van der Waals surface area contributed by atoms with Crippen molar-refractivity contribution in [3.8, 4) is 11.1 Å². The number of hydrogen-bond acceptors (Lipinski definition) is 4. The van der Waals surface area contributed by atoms with Gasteiger partial charge in [0.1, 0.15) is 12.6 Å². The molecular weight excluding hydrogens is 432 g/mol. The van der Waals surface area contributed by atoms with Gasteiger partial charge in [0.25, 0.3) is 0 Å². The van der Waals surface area contributed by atoms with Gasteiger partial charge >= 0.3 is 12.1 Å². The van der Waals surface area contributed by atoms with Gasteiger partial charge in [-0.2, -0.15) is 0 Å². The van der Waals surface area contributed by atoms with Gasteiger partial charge in [0.2, 0.25) is 5.91 Å². The molecule has 2 aliphatic carbocycles. The highest BCUT2D eigenvalue weighted by Gasteiger charge is 2.43. The predicted octanol–water partition coefficient (Wildman–Crippen LogP) is 4.02. The summed E-state index contributed by atoms with van der Waals surface area (Å²) >= 11 is 0. The number of hydrogen-bond donors (Lipinski definition) is 2. The molecule has 2 unspecified atom stereocenters. The number of likely N-dealkylation sites (tertiary alicyclic amines) is 1. The number of carboxylic acid groups (broad SMARTS) is 1. The Labute approximate surface area is 199 Å². The average Bonchev–Trinajstić information content (AvgIpc) is 3.13. The summed E-state index contributed by atoms with van der Waals surface area (Å²) in [7, 11) is 0. The van der Waals surface area contributed by atoms with Crippen LogP contribution in [0.4, 0.5) is 4.79 Å². The van der Waals surface area contributed by atoms with Crippen LogP contribution in [0.25, 0.3) is 11.1 Å². The van der Waals surface area contributed by atoms with Crippen LogP contribution in [0.2, 0.25) is 0 Å². The van der Waals surface area contributed by atoms with Crippen molar-refractivity contribution in [3.05, 3.63) is 59.7 Å². The summed E-state index contributed by atoms with van der Waals surface area (Å²) in [5.74, 6) is -0.985. The second kappa shape index (κ2) is 9.12. The second-order valence-electron chi connectivity index (χ2n) is 9.86. The number of aliphatic carboxylic acids is 1. The molecule has 178 valence electrons. The van der Waals surface area contributed by atoms with Crippen molar-refractivity contribution in [1.82, 2.24) is 10.2 Å². The maximum absolute atomic E-state index is 12.9. The van der Waals surface area contributed by atoms with Gasteiger partial charge in [-0.3, -0.25) is 4.79 Å². The van der Waals surface area contributed by atoms with Crippen LogP contribution in [0.5, 0.6) is 0 Å². The van der Waals surface area contributed by atoms with Gasteiger partial charge in [-0.1, -0.05) is 55.5 Å². The topological polar surface area (TPSA) is 95.9 Å². The predicted molar refractivity (Wildman–Crippen MR) is 126 cm³/mol. The lowest BCUT2D eigenvalue weighted by Gasteiger charge is -2.42. The minimum atomic E-state index is -0.937. The molecule has 1 aliphatic heterocycles. The first-order valence-electron chi connectivity index (χ1n) is 12.1. The van der Waals surface area contributed by atoms with Crippen molar-refractivity contribution < 1.29 is 24.2 Å². The average molecular weight is 463 g/mol. The number of ether oxygens (including phenoxy) is 1. The molecule has 2 atom stereocenters. The van der Waals surface area contributed by atoms with E-state index in [0.717, 1.165) is 17.5 Å². The lowest BCUT2D eigenvalue weighted by atomic mass is 9.78. The van der Waals surface area contributed by atoms with Crippen LogP contribution >= 0.6 is 0 Å². The number of alkyl carbamates (subject to hydrolysis) is 1. The highest BCUT2D eigenvalue weighted by molar-refractivity contribution is 5.86. The summed E-state index contributed by atoms with van der Waals surface area (Å²) in [5.41, 5.74) is 4.68. The number of carbonyl (C=O) groups excluding carboxylic acids is 2. The van der Waals surface area contributed by atoms with Crippen LogP contribution < -0.4 is 5.32 Å². The van der Waals surface area contributed by atoms with Gasteiger partial charge in [0.15, 0.2) is 0 Å². The fourth-order valence-electron chi connectivity index (χ4n) is 5.63. The smallest absolute Gasteiger partial charge is 0.407 e. The Kier molecular flexibility index (Phi) is 6.02. The maximum Gasteiger partial charge on any atom is 0.407 e. The summed E-state index contributed by atoms with van der Waals surface area (Å²) in [6.45, 7) is 2.78. The third-order valence-electron chi connectivity index (χ3n) is 7.54. The van der Waals surface area contributed by atoms with Crippen molar-refractivity contribution >= 4 is 18.0 Å². The first-order valence-corrected chi connectivity index (χ1v) is 12.1. The van der Waals surface area contributed by atoms with Crippen molar-refractivity contribution in [2.24, 2.45) is 11.8 Å². The first kappa shape index (κ1) is 22.4. The molecule has 2 amide bonds. The molecule has 7 heteroatoms. The number of benzene rings is 2. The number of nitrogens with zero attached hydrogens (tertiary/aromatic N) is 1. The third kappa shape index (κ3) is 4.15. The summed E-state index contributed by atoms with van der Waals surface area (Å²) < 4.78 is 5.60. The number of rotatable bonds is 5. The number of carbonyl (C=O) groups is 3. The van der Waals surface area contributed by atoms with Crippen LogP contribution in [-0.4, -0.2) is 53.2 Å². The molecule has 2 aromatic carbocycles. The second-order valence-corrected chi connectivity index (χ2v) is 9.86. The van der Waals surface area contributed by atoms with E-state index in [-0.39, 0.29) is 30.4 Å². The Hall–Kier alpha value is -3.35. The Bertz CT molecular complexity index is 1060. The minimum Gasteiger partial charge on any atom is -0.480 e. The van der Waals surface area contributed by atoms with E-state index in [9.17, 15) is 19.5 Å². The first-order chi connectivity index (χ1) is 16.4. The zero-order chi connectivity index (χ0) is 23.8. The van der Waals surface area contributed by atoms with Gasteiger partial charge in [0, 0.05) is 24.4 Å². The Balaban J connectivity index is 1.13. The molecular formula is C27H30N2O5. The van der Waals surface area contributed by atoms with Crippen LogP contribution in [-0.2, 0) is 14.3 Å². The normalized spacial score (nSPS) is 25.6. The number of nitrogens with one attached hydrogen (secondary N) is 1. The molecule has 34 heavy (non-hydrogen) atoms. The Morgan fingerprint density at radius 2 is 1.62 bits per heavy atom. The van der Waals surface area contributed by atoms with Crippen molar-refractivity contribution in [2.45, 2.75) is 50.6 Å². The van der Waals surface area contributed by atoms with Crippen molar-refractivity contribution in [2.75, 3.05) is 13.2 Å². The third-order valence-corrected chi connectivity index (χ3v) is 7.54. The molecule has 2 aromatic rings. The van der Waals surface area contributed by atoms with E-state index in [1.165, 1.54) is 16.0 Å². The lowest BCUT2D eigenvalue weighted by Crippen LogP contribution is -2.56. The van der Waals surface area contributed by atoms with Crippen LogP contribution in [0, 0.1) is 11.8 Å². The number of amides is 2. The molecule has 3 aliphatic rings.